The molecule has 1 aliphatic carbocycles. The Bertz CT molecular complexity index is 1300. The third kappa shape index (κ3) is 3.12. The smallest absolute Gasteiger partial charge is 0.226 e. The summed E-state index contributed by atoms with van der Waals surface area (Å²) in [6.07, 6.45) is 8.44. The largest absolute Gasteiger partial charge is 0.490 e. The summed E-state index contributed by atoms with van der Waals surface area (Å²) in [5.41, 5.74) is 4.14. The van der Waals surface area contributed by atoms with Gasteiger partial charge in [-0.3, -0.25) is 4.79 Å². The number of fused-ring (bicyclic) bond motifs is 2. The molecule has 1 aliphatic heterocycles. The fourth-order valence-corrected chi connectivity index (χ4v) is 4.88. The molecule has 0 saturated heterocycles. The number of carbonyl (C=O) groups is 1. The fourth-order valence-electron chi connectivity index (χ4n) is 4.88. The van der Waals surface area contributed by atoms with E-state index in [1.807, 2.05) is 19.1 Å². The van der Waals surface area contributed by atoms with Crippen molar-refractivity contribution >= 4 is 22.9 Å². The van der Waals surface area contributed by atoms with E-state index in [9.17, 15) is 4.79 Å². The summed E-state index contributed by atoms with van der Waals surface area (Å²) in [4.78, 5) is 28.5. The standard InChI is InChI=1S/C23H23N7O2/c1-13-19-17(14-6-8-16(9-7-14)32-15-4-2-3-5-15)10-18(31)28-22(19)30(29-13)23-20-21(25-11-24-20)26-12-27-23/h6-9,11-12,15,17H,2-5,10H2,1H3,(H,28,31)(H,24,25,26,27). The SMILES string of the molecule is Cc1nn(-c2ncnc3nc[nH]c23)c2c1C(c1ccc(OC3CCCC3)cc1)CC(=O)N2. The maximum absolute atomic E-state index is 12.7. The van der Waals surface area contributed by atoms with Crippen molar-refractivity contribution in [1.29, 1.82) is 0 Å². The number of amides is 1. The van der Waals surface area contributed by atoms with Crippen molar-refractivity contribution in [3.05, 3.63) is 53.7 Å². The zero-order valence-corrected chi connectivity index (χ0v) is 17.7. The average Bonchev–Trinajstić information content (AvgIpc) is 3.54. The van der Waals surface area contributed by atoms with Gasteiger partial charge in [-0.1, -0.05) is 12.1 Å². The number of ether oxygens (including phenoxy) is 1. The van der Waals surface area contributed by atoms with Gasteiger partial charge in [0.1, 0.15) is 23.4 Å². The van der Waals surface area contributed by atoms with Crippen LogP contribution in [0.3, 0.4) is 0 Å². The van der Waals surface area contributed by atoms with Gasteiger partial charge in [0.15, 0.2) is 11.5 Å². The van der Waals surface area contributed by atoms with E-state index in [1.165, 1.54) is 19.2 Å². The van der Waals surface area contributed by atoms with E-state index in [4.69, 9.17) is 9.84 Å². The molecule has 3 aromatic heterocycles. The number of rotatable bonds is 4. The molecule has 2 N–H and O–H groups in total. The summed E-state index contributed by atoms with van der Waals surface area (Å²) >= 11 is 0. The van der Waals surface area contributed by atoms with Gasteiger partial charge in [0, 0.05) is 17.9 Å². The number of benzene rings is 1. The lowest BCUT2D eigenvalue weighted by molar-refractivity contribution is -0.116. The van der Waals surface area contributed by atoms with Crippen molar-refractivity contribution in [3.63, 3.8) is 0 Å². The number of hydrogen-bond donors (Lipinski definition) is 2. The van der Waals surface area contributed by atoms with E-state index in [2.05, 4.69) is 37.4 Å². The van der Waals surface area contributed by atoms with Crippen molar-refractivity contribution in [2.75, 3.05) is 5.32 Å². The van der Waals surface area contributed by atoms with Gasteiger partial charge in [-0.05, 0) is 50.3 Å². The van der Waals surface area contributed by atoms with Gasteiger partial charge in [-0.25, -0.2) is 15.0 Å². The van der Waals surface area contributed by atoms with E-state index < -0.39 is 0 Å². The molecule has 0 radical (unpaired) electrons. The number of imidazole rings is 1. The van der Waals surface area contributed by atoms with Gasteiger partial charge in [0.25, 0.3) is 0 Å². The minimum atomic E-state index is -0.0906. The topological polar surface area (TPSA) is 111 Å². The highest BCUT2D eigenvalue weighted by molar-refractivity contribution is 5.95. The molecule has 0 bridgehead atoms. The maximum atomic E-state index is 12.7. The Morgan fingerprint density at radius 2 is 1.91 bits per heavy atom. The van der Waals surface area contributed by atoms with Crippen LogP contribution in [0.5, 0.6) is 5.75 Å². The zero-order chi connectivity index (χ0) is 21.7. The number of hydrogen-bond acceptors (Lipinski definition) is 6. The second-order valence-corrected chi connectivity index (χ2v) is 8.46. The number of aromatic amines is 1. The Morgan fingerprint density at radius 1 is 1.09 bits per heavy atom. The van der Waals surface area contributed by atoms with Gasteiger partial charge in [-0.2, -0.15) is 9.78 Å². The molecule has 2 aliphatic rings. The number of nitrogens with one attached hydrogen (secondary N) is 2. The Labute approximate surface area is 184 Å². The van der Waals surface area contributed by atoms with Crippen LogP contribution in [0.4, 0.5) is 5.82 Å². The minimum Gasteiger partial charge on any atom is -0.490 e. The Morgan fingerprint density at radius 3 is 2.72 bits per heavy atom. The highest BCUT2D eigenvalue weighted by atomic mass is 16.5. The normalized spacial score (nSPS) is 18.7. The second kappa shape index (κ2) is 7.44. The lowest BCUT2D eigenvalue weighted by atomic mass is 9.86. The average molecular weight is 429 g/mol. The highest BCUT2D eigenvalue weighted by Gasteiger charge is 2.33. The quantitative estimate of drug-likeness (QED) is 0.512. The van der Waals surface area contributed by atoms with Crippen molar-refractivity contribution in [2.45, 2.75) is 51.0 Å². The monoisotopic (exact) mass is 429 g/mol. The molecule has 9 heteroatoms. The molecule has 1 aromatic carbocycles. The van der Waals surface area contributed by atoms with E-state index >= 15 is 0 Å². The van der Waals surface area contributed by atoms with Crippen LogP contribution in [0, 0.1) is 6.92 Å². The second-order valence-electron chi connectivity index (χ2n) is 8.46. The van der Waals surface area contributed by atoms with Crippen LogP contribution < -0.4 is 10.1 Å². The van der Waals surface area contributed by atoms with Crippen molar-refractivity contribution in [2.24, 2.45) is 0 Å². The van der Waals surface area contributed by atoms with E-state index in [0.717, 1.165) is 35.4 Å². The Kier molecular flexibility index (Phi) is 4.41. The first kappa shape index (κ1) is 19.0. The Hall–Kier alpha value is -3.75. The predicted molar refractivity (Wildman–Crippen MR) is 118 cm³/mol. The molecule has 1 fully saturated rings. The third-order valence-corrected chi connectivity index (χ3v) is 6.39. The van der Waals surface area contributed by atoms with Crippen LogP contribution in [-0.4, -0.2) is 41.7 Å². The molecule has 6 rings (SSSR count). The summed E-state index contributed by atoms with van der Waals surface area (Å²) < 4.78 is 7.78. The molecule has 4 aromatic rings. The number of aromatic nitrogens is 6. The zero-order valence-electron chi connectivity index (χ0n) is 17.7. The van der Waals surface area contributed by atoms with Crippen molar-refractivity contribution in [3.8, 4) is 11.6 Å². The number of anilines is 1. The highest BCUT2D eigenvalue weighted by Crippen LogP contribution is 2.41. The fraction of sp³-hybridized carbons (Fsp3) is 0.348. The van der Waals surface area contributed by atoms with Crippen LogP contribution in [-0.2, 0) is 4.79 Å². The summed E-state index contributed by atoms with van der Waals surface area (Å²) in [5.74, 6) is 1.94. The molecular formula is C23H23N7O2. The van der Waals surface area contributed by atoms with Crippen molar-refractivity contribution in [1.82, 2.24) is 29.7 Å². The molecular weight excluding hydrogens is 406 g/mol. The van der Waals surface area contributed by atoms with Crippen LogP contribution in [0.2, 0.25) is 0 Å². The lowest BCUT2D eigenvalue weighted by Gasteiger charge is -2.24. The first-order chi connectivity index (χ1) is 15.7. The van der Waals surface area contributed by atoms with Crippen LogP contribution in [0.25, 0.3) is 17.0 Å². The first-order valence-corrected chi connectivity index (χ1v) is 11.0. The minimum absolute atomic E-state index is 0.0511. The molecule has 162 valence electrons. The summed E-state index contributed by atoms with van der Waals surface area (Å²) in [7, 11) is 0. The molecule has 1 saturated carbocycles. The Balaban J connectivity index is 1.38. The molecule has 1 unspecified atom stereocenters. The number of nitrogens with zero attached hydrogens (tertiary/aromatic N) is 5. The maximum Gasteiger partial charge on any atom is 0.226 e. The van der Waals surface area contributed by atoms with Crippen LogP contribution in [0.15, 0.2) is 36.9 Å². The van der Waals surface area contributed by atoms with E-state index in [1.54, 1.807) is 11.0 Å². The predicted octanol–water partition coefficient (Wildman–Crippen LogP) is 3.64. The molecule has 9 nitrogen and oxygen atoms in total. The first-order valence-electron chi connectivity index (χ1n) is 11.0. The lowest BCUT2D eigenvalue weighted by Crippen LogP contribution is -2.25. The number of carbonyl (C=O) groups excluding carboxylic acids is 1. The van der Waals surface area contributed by atoms with Gasteiger partial charge in [-0.15, -0.1) is 0 Å². The summed E-state index contributed by atoms with van der Waals surface area (Å²) in [5, 5.41) is 7.73. The van der Waals surface area contributed by atoms with E-state index in [-0.39, 0.29) is 11.8 Å². The van der Waals surface area contributed by atoms with Gasteiger partial charge in [0.2, 0.25) is 5.91 Å². The van der Waals surface area contributed by atoms with Crippen LogP contribution in [0.1, 0.15) is 54.8 Å². The van der Waals surface area contributed by atoms with Gasteiger partial charge < -0.3 is 15.0 Å². The third-order valence-electron chi connectivity index (χ3n) is 6.39. The number of aryl methyl sites for hydroxylation is 1. The molecule has 32 heavy (non-hydrogen) atoms. The van der Waals surface area contributed by atoms with Gasteiger partial charge >= 0.3 is 0 Å². The van der Waals surface area contributed by atoms with Crippen molar-refractivity contribution < 1.29 is 9.53 Å². The number of H-pyrrole nitrogens is 1. The molecule has 0 spiro atoms. The summed E-state index contributed by atoms with van der Waals surface area (Å²) in [6, 6.07) is 8.15. The van der Waals surface area contributed by atoms with E-state index in [0.29, 0.717) is 35.3 Å². The molecule has 1 atom stereocenters. The summed E-state index contributed by atoms with van der Waals surface area (Å²) in [6.45, 7) is 1.96. The molecule has 1 amide bonds. The van der Waals surface area contributed by atoms with Gasteiger partial charge in [0.05, 0.1) is 18.1 Å². The molecule has 4 heterocycles. The van der Waals surface area contributed by atoms with Crippen LogP contribution >= 0.6 is 0 Å².